The Hall–Kier alpha value is -4.24. The zero-order valence-corrected chi connectivity index (χ0v) is 18.0. The Kier molecular flexibility index (Phi) is 7.83. The lowest BCUT2D eigenvalue weighted by Gasteiger charge is -2.29. The fourth-order valence-electron chi connectivity index (χ4n) is 3.29. The van der Waals surface area contributed by atoms with Crippen LogP contribution in [0.4, 0.5) is 22.0 Å². The molecule has 0 saturated heterocycles. The Morgan fingerprint density at radius 2 is 1.89 bits per heavy atom. The van der Waals surface area contributed by atoms with E-state index in [1.807, 2.05) is 0 Å². The summed E-state index contributed by atoms with van der Waals surface area (Å²) in [4.78, 5) is 3.76. The molecule has 1 heterocycles. The van der Waals surface area contributed by atoms with Gasteiger partial charge in [0.25, 0.3) is 5.92 Å². The van der Waals surface area contributed by atoms with E-state index >= 15 is 8.78 Å². The van der Waals surface area contributed by atoms with Crippen LogP contribution >= 0.6 is 0 Å². The molecule has 182 valence electrons. The van der Waals surface area contributed by atoms with Crippen LogP contribution in [-0.4, -0.2) is 22.9 Å². The first-order valence-corrected chi connectivity index (χ1v) is 10.0. The highest BCUT2D eigenvalue weighted by molar-refractivity contribution is 5.53. The van der Waals surface area contributed by atoms with Gasteiger partial charge in [-0.05, 0) is 41.5 Å². The van der Waals surface area contributed by atoms with E-state index in [0.717, 1.165) is 41.8 Å². The number of rotatable bonds is 9. The average molecular weight is 490 g/mol. The van der Waals surface area contributed by atoms with Crippen LogP contribution in [0.2, 0.25) is 0 Å². The number of hydrogen-bond acceptors (Lipinski definition) is 6. The predicted molar refractivity (Wildman–Crippen MR) is 116 cm³/mol. The first-order chi connectivity index (χ1) is 16.6. The summed E-state index contributed by atoms with van der Waals surface area (Å²) < 4.78 is 77.7. The largest absolute Gasteiger partial charge is 0.487 e. The maximum atomic E-state index is 15.5. The van der Waals surface area contributed by atoms with Crippen LogP contribution in [0.5, 0.6) is 5.75 Å². The van der Waals surface area contributed by atoms with Crippen molar-refractivity contribution in [1.29, 1.82) is 5.26 Å². The Labute approximate surface area is 197 Å². The maximum absolute atomic E-state index is 15.5. The minimum absolute atomic E-state index is 0.0731. The van der Waals surface area contributed by atoms with Crippen molar-refractivity contribution in [3.05, 3.63) is 94.6 Å². The smallest absolute Gasteiger partial charge is 0.298 e. The molecule has 35 heavy (non-hydrogen) atoms. The molecule has 0 fully saturated rings. The minimum Gasteiger partial charge on any atom is -0.487 e. The second-order valence-corrected chi connectivity index (χ2v) is 7.40. The second-order valence-electron chi connectivity index (χ2n) is 7.40. The highest BCUT2D eigenvalue weighted by Crippen LogP contribution is 2.42. The van der Waals surface area contributed by atoms with E-state index in [1.165, 1.54) is 18.2 Å². The molecule has 0 spiro atoms. The van der Waals surface area contributed by atoms with Gasteiger partial charge in [0.2, 0.25) is 0 Å². The first-order valence-electron chi connectivity index (χ1n) is 10.0. The number of nitrogens with zero attached hydrogens (tertiary/aromatic N) is 4. The van der Waals surface area contributed by atoms with Crippen LogP contribution in [0.1, 0.15) is 28.3 Å². The zero-order chi connectivity index (χ0) is 25.6. The third-order valence-corrected chi connectivity index (χ3v) is 5.02. The van der Waals surface area contributed by atoms with E-state index in [4.69, 9.17) is 21.7 Å². The summed E-state index contributed by atoms with van der Waals surface area (Å²) in [5.74, 6) is 2.32. The van der Waals surface area contributed by atoms with Crippen LogP contribution in [0, 0.1) is 28.8 Å². The Morgan fingerprint density at radius 1 is 1.11 bits per heavy atom. The summed E-state index contributed by atoms with van der Waals surface area (Å²) in [5.41, 5.74) is -0.880. The third-order valence-electron chi connectivity index (χ3n) is 5.02. The normalized spacial score (nSPS) is 12.4. The third kappa shape index (κ3) is 6.01. The molecular formula is C23H19F5N6O. The van der Waals surface area contributed by atoms with Gasteiger partial charge >= 0.3 is 0 Å². The Balaban J connectivity index is 1.84. The molecule has 1 atom stereocenters. The predicted octanol–water partition coefficient (Wildman–Crippen LogP) is 3.90. The van der Waals surface area contributed by atoms with Gasteiger partial charge in [0.15, 0.2) is 0 Å². The van der Waals surface area contributed by atoms with Crippen LogP contribution in [0.3, 0.4) is 0 Å². The van der Waals surface area contributed by atoms with Crippen LogP contribution in [0.25, 0.3) is 0 Å². The molecule has 0 bridgehead atoms. The van der Waals surface area contributed by atoms with E-state index < -0.39 is 47.1 Å². The number of hydrazone groups is 1. The molecule has 3 rings (SSSR count). The highest BCUT2D eigenvalue weighted by atomic mass is 19.3. The molecule has 0 aliphatic carbocycles. The van der Waals surface area contributed by atoms with E-state index in [-0.39, 0.29) is 17.9 Å². The summed E-state index contributed by atoms with van der Waals surface area (Å²) in [6.45, 7) is -0.696. The average Bonchev–Trinajstić information content (AvgIpc) is 2.83. The fourth-order valence-corrected chi connectivity index (χ4v) is 3.29. The van der Waals surface area contributed by atoms with Crippen LogP contribution in [-0.2, 0) is 12.5 Å². The quantitative estimate of drug-likeness (QED) is 0.155. The van der Waals surface area contributed by atoms with Crippen molar-refractivity contribution in [2.45, 2.75) is 18.4 Å². The van der Waals surface area contributed by atoms with Gasteiger partial charge in [-0.1, -0.05) is 12.1 Å². The van der Waals surface area contributed by atoms with Gasteiger partial charge in [0, 0.05) is 12.6 Å². The number of hydrazine groups is 1. The second kappa shape index (κ2) is 10.8. The number of nitriles is 1. The molecule has 2 aromatic carbocycles. The van der Waals surface area contributed by atoms with E-state index in [1.54, 1.807) is 6.07 Å². The number of nitrogens with two attached hydrogens (primary N) is 2. The molecule has 7 nitrogen and oxygen atoms in total. The topological polar surface area (TPSA) is 114 Å². The Bertz CT molecular complexity index is 1250. The van der Waals surface area contributed by atoms with Crippen molar-refractivity contribution < 1.29 is 26.7 Å². The van der Waals surface area contributed by atoms with Crippen molar-refractivity contribution in [3.63, 3.8) is 0 Å². The molecule has 1 unspecified atom stereocenters. The standard InChI is InChI=1S/C23H19F5N6O/c24-16-2-4-18(21(26)8-16)19(11-34(31)13-33-30)23(27,28)22-6-3-17(10-32-22)35-12-14-1-5-20(25)15(7-14)9-29/h1-8,10,13,19H,11-12,30-31H2/b33-13-. The first kappa shape index (κ1) is 25.4. The van der Waals surface area contributed by atoms with E-state index in [9.17, 15) is 13.2 Å². The van der Waals surface area contributed by atoms with Crippen LogP contribution < -0.4 is 16.4 Å². The lowest BCUT2D eigenvalue weighted by molar-refractivity contribution is -0.0443. The van der Waals surface area contributed by atoms with E-state index in [2.05, 4.69) is 10.1 Å². The zero-order valence-electron chi connectivity index (χ0n) is 18.0. The maximum Gasteiger partial charge on any atom is 0.298 e. The van der Waals surface area contributed by atoms with Crippen molar-refractivity contribution in [1.82, 2.24) is 9.99 Å². The minimum atomic E-state index is -3.75. The van der Waals surface area contributed by atoms with Gasteiger partial charge in [0.05, 0.1) is 17.7 Å². The molecule has 0 saturated carbocycles. The number of benzene rings is 2. The monoisotopic (exact) mass is 490 g/mol. The summed E-state index contributed by atoms with van der Waals surface area (Å²) in [7, 11) is 0. The SMILES string of the molecule is N#Cc1cc(COc2ccc(C(F)(F)C(CN(N)/C=N\N)c3ccc(F)cc3F)nc2)ccc1F. The lowest BCUT2D eigenvalue weighted by atomic mass is 9.89. The molecular weight excluding hydrogens is 471 g/mol. The molecule has 3 aromatic rings. The molecule has 4 N–H and O–H groups in total. The number of halogens is 5. The highest BCUT2D eigenvalue weighted by Gasteiger charge is 2.45. The fraction of sp³-hybridized carbons (Fsp3) is 0.174. The number of ether oxygens (including phenoxy) is 1. The Morgan fingerprint density at radius 3 is 2.51 bits per heavy atom. The van der Waals surface area contributed by atoms with Gasteiger partial charge < -0.3 is 10.6 Å². The van der Waals surface area contributed by atoms with Crippen LogP contribution in [0.15, 0.2) is 59.8 Å². The number of pyridine rings is 1. The van der Waals surface area contributed by atoms with Gasteiger partial charge in [-0.3, -0.25) is 9.99 Å². The molecule has 1 aromatic heterocycles. The van der Waals surface area contributed by atoms with Crippen molar-refractivity contribution in [3.8, 4) is 11.8 Å². The van der Waals surface area contributed by atoms with Gasteiger partial charge in [-0.15, -0.1) is 0 Å². The molecule has 0 radical (unpaired) electrons. The molecule has 0 amide bonds. The summed E-state index contributed by atoms with van der Waals surface area (Å²) in [5, 5.41) is 12.8. The summed E-state index contributed by atoms with van der Waals surface area (Å²) in [6, 6.07) is 10.0. The lowest BCUT2D eigenvalue weighted by Crippen LogP contribution is -2.40. The van der Waals surface area contributed by atoms with Gasteiger partial charge in [-0.25, -0.2) is 19.0 Å². The van der Waals surface area contributed by atoms with Crippen molar-refractivity contribution in [2.75, 3.05) is 6.54 Å². The number of hydrogen-bond donors (Lipinski definition) is 2. The number of aromatic nitrogens is 1. The molecule has 0 aliphatic rings. The molecule has 0 aliphatic heterocycles. The van der Waals surface area contributed by atoms with E-state index in [0.29, 0.717) is 11.6 Å². The van der Waals surface area contributed by atoms with Gasteiger partial charge in [-0.2, -0.15) is 19.1 Å². The van der Waals surface area contributed by atoms with Crippen molar-refractivity contribution in [2.24, 2.45) is 16.8 Å². The summed E-state index contributed by atoms with van der Waals surface area (Å²) in [6.07, 6.45) is 1.92. The van der Waals surface area contributed by atoms with Gasteiger partial charge in [0.1, 0.15) is 47.9 Å². The molecule has 12 heteroatoms. The number of alkyl halides is 2. The van der Waals surface area contributed by atoms with Crippen molar-refractivity contribution >= 4 is 6.34 Å². The summed E-state index contributed by atoms with van der Waals surface area (Å²) >= 11 is 0.